The lowest BCUT2D eigenvalue weighted by Crippen LogP contribution is -2.37. The Bertz CT molecular complexity index is 475. The van der Waals surface area contributed by atoms with Crippen LogP contribution in [0.1, 0.15) is 12.5 Å². The van der Waals surface area contributed by atoms with Gasteiger partial charge in [0.25, 0.3) is 0 Å². The monoisotopic (exact) mass is 325 g/mol. The van der Waals surface area contributed by atoms with Crippen LogP contribution in [-0.2, 0) is 4.79 Å². The van der Waals surface area contributed by atoms with Crippen molar-refractivity contribution in [2.75, 3.05) is 13.1 Å². The number of amides is 3. The molecule has 0 saturated heterocycles. The Morgan fingerprint density at radius 2 is 2.00 bits per heavy atom. The molecular weight excluding hydrogens is 310 g/mol. The van der Waals surface area contributed by atoms with Gasteiger partial charge in [0, 0.05) is 30.7 Å². The van der Waals surface area contributed by atoms with Crippen molar-refractivity contribution in [3.63, 3.8) is 0 Å². The third-order valence-electron chi connectivity index (χ3n) is 2.12. The summed E-state index contributed by atoms with van der Waals surface area (Å²) < 4.78 is 0.981. The van der Waals surface area contributed by atoms with E-state index in [9.17, 15) is 9.59 Å². The molecule has 3 N–H and O–H groups in total. The number of nitrogens with one attached hydrogen (secondary N) is 3. The zero-order valence-corrected chi connectivity index (χ0v) is 12.2. The van der Waals surface area contributed by atoms with Crippen LogP contribution in [0.15, 0.2) is 34.9 Å². The first-order valence-corrected chi connectivity index (χ1v) is 6.58. The molecule has 3 amide bonds. The molecule has 1 rings (SSSR count). The minimum atomic E-state index is -0.309. The lowest BCUT2D eigenvalue weighted by molar-refractivity contribution is -0.118. The molecule has 0 heterocycles. The largest absolute Gasteiger partial charge is 0.355 e. The molecule has 19 heavy (non-hydrogen) atoms. The summed E-state index contributed by atoms with van der Waals surface area (Å²) in [6, 6.07) is 7.40. The van der Waals surface area contributed by atoms with Gasteiger partial charge in [0.15, 0.2) is 0 Å². The molecule has 5 nitrogen and oxygen atoms in total. The number of urea groups is 1. The third-order valence-corrected chi connectivity index (χ3v) is 2.62. The normalized spacial score (nSPS) is 10.2. The lowest BCUT2D eigenvalue weighted by Gasteiger charge is -2.04. The fraction of sp³-hybridized carbons (Fsp3) is 0.231. The van der Waals surface area contributed by atoms with E-state index in [1.54, 1.807) is 12.3 Å². The first-order chi connectivity index (χ1) is 9.08. The second-order valence-corrected chi connectivity index (χ2v) is 4.69. The highest BCUT2D eigenvalue weighted by Crippen LogP contribution is 2.12. The molecule has 6 heteroatoms. The lowest BCUT2D eigenvalue weighted by atomic mass is 10.2. The van der Waals surface area contributed by atoms with E-state index in [1.165, 1.54) is 6.92 Å². The van der Waals surface area contributed by atoms with Crippen LogP contribution in [0.3, 0.4) is 0 Å². The molecule has 0 spiro atoms. The topological polar surface area (TPSA) is 70.2 Å². The Balaban J connectivity index is 2.24. The van der Waals surface area contributed by atoms with Crippen molar-refractivity contribution in [2.45, 2.75) is 6.92 Å². The molecule has 1 aromatic carbocycles. The van der Waals surface area contributed by atoms with Crippen LogP contribution in [0.5, 0.6) is 0 Å². The second-order valence-electron chi connectivity index (χ2n) is 3.77. The number of carbonyl (C=O) groups excluding carboxylic acids is 2. The van der Waals surface area contributed by atoms with Crippen LogP contribution in [0.2, 0.25) is 0 Å². The highest BCUT2D eigenvalue weighted by molar-refractivity contribution is 9.10. The maximum atomic E-state index is 11.3. The van der Waals surface area contributed by atoms with Gasteiger partial charge in [0.2, 0.25) is 5.91 Å². The Labute approximate surface area is 120 Å². The van der Waals surface area contributed by atoms with Gasteiger partial charge in [-0.3, -0.25) is 4.79 Å². The average Bonchev–Trinajstić information content (AvgIpc) is 2.34. The van der Waals surface area contributed by atoms with Gasteiger partial charge in [-0.25, -0.2) is 4.79 Å². The van der Waals surface area contributed by atoms with Gasteiger partial charge in [-0.15, -0.1) is 0 Å². The SMILES string of the molecule is CC(=O)NCCNC(=O)N/C=C/c1cccc(Br)c1. The van der Waals surface area contributed by atoms with E-state index in [0.29, 0.717) is 13.1 Å². The van der Waals surface area contributed by atoms with Crippen molar-refractivity contribution in [2.24, 2.45) is 0 Å². The van der Waals surface area contributed by atoms with E-state index in [2.05, 4.69) is 31.9 Å². The van der Waals surface area contributed by atoms with Gasteiger partial charge in [-0.1, -0.05) is 28.1 Å². The summed E-state index contributed by atoms with van der Waals surface area (Å²) in [6.07, 6.45) is 3.35. The summed E-state index contributed by atoms with van der Waals surface area (Å²) in [7, 11) is 0. The Hall–Kier alpha value is -1.82. The summed E-state index contributed by atoms with van der Waals surface area (Å²) in [4.78, 5) is 21.9. The number of rotatable bonds is 5. The molecule has 0 radical (unpaired) electrons. The second kappa shape index (κ2) is 8.31. The van der Waals surface area contributed by atoms with Crippen molar-refractivity contribution in [3.8, 4) is 0 Å². The molecule has 0 saturated carbocycles. The number of carbonyl (C=O) groups is 2. The summed E-state index contributed by atoms with van der Waals surface area (Å²) in [5.74, 6) is -0.114. The van der Waals surface area contributed by atoms with Gasteiger partial charge < -0.3 is 16.0 Å². The van der Waals surface area contributed by atoms with E-state index >= 15 is 0 Å². The fourth-order valence-electron chi connectivity index (χ4n) is 1.29. The van der Waals surface area contributed by atoms with Crippen LogP contribution in [-0.4, -0.2) is 25.0 Å². The molecule has 0 fully saturated rings. The molecule has 0 bridgehead atoms. The summed E-state index contributed by atoms with van der Waals surface area (Å²) in [5, 5.41) is 7.77. The predicted molar refractivity (Wildman–Crippen MR) is 78.4 cm³/mol. The fourth-order valence-corrected chi connectivity index (χ4v) is 1.71. The van der Waals surface area contributed by atoms with E-state index in [0.717, 1.165) is 10.0 Å². The molecule has 0 unspecified atom stereocenters. The number of halogens is 1. The molecule has 102 valence electrons. The highest BCUT2D eigenvalue weighted by atomic mass is 79.9. The Morgan fingerprint density at radius 1 is 1.26 bits per heavy atom. The maximum Gasteiger partial charge on any atom is 0.318 e. The summed E-state index contributed by atoms with van der Waals surface area (Å²) in [6.45, 7) is 2.23. The first-order valence-electron chi connectivity index (χ1n) is 5.79. The number of benzene rings is 1. The molecule has 0 aliphatic heterocycles. The Morgan fingerprint density at radius 3 is 2.68 bits per heavy atom. The average molecular weight is 326 g/mol. The molecule has 0 aliphatic carbocycles. The minimum absolute atomic E-state index is 0.114. The summed E-state index contributed by atoms with van der Waals surface area (Å²) in [5.41, 5.74) is 0.980. The van der Waals surface area contributed by atoms with Crippen molar-refractivity contribution >= 4 is 33.9 Å². The third kappa shape index (κ3) is 7.25. The van der Waals surface area contributed by atoms with Crippen LogP contribution in [0.4, 0.5) is 4.79 Å². The van der Waals surface area contributed by atoms with E-state index in [4.69, 9.17) is 0 Å². The first kappa shape index (κ1) is 15.2. The van der Waals surface area contributed by atoms with Crippen LogP contribution in [0.25, 0.3) is 6.08 Å². The van der Waals surface area contributed by atoms with Crippen molar-refractivity contribution in [1.82, 2.24) is 16.0 Å². The molecule has 0 aromatic heterocycles. The van der Waals surface area contributed by atoms with Crippen LogP contribution >= 0.6 is 15.9 Å². The quantitative estimate of drug-likeness (QED) is 0.723. The van der Waals surface area contributed by atoms with Crippen molar-refractivity contribution < 1.29 is 9.59 Å². The zero-order valence-electron chi connectivity index (χ0n) is 10.6. The van der Waals surface area contributed by atoms with E-state index < -0.39 is 0 Å². The molecule has 1 aromatic rings. The standard InChI is InChI=1S/C13H16BrN3O2/c1-10(18)15-7-8-17-13(19)16-6-5-11-3-2-4-12(14)9-11/h2-6,9H,7-8H2,1H3,(H,15,18)(H2,16,17,19)/b6-5+. The van der Waals surface area contributed by atoms with Gasteiger partial charge in [-0.05, 0) is 23.8 Å². The van der Waals surface area contributed by atoms with Gasteiger partial charge in [0.1, 0.15) is 0 Å². The maximum absolute atomic E-state index is 11.3. The van der Waals surface area contributed by atoms with Crippen LogP contribution < -0.4 is 16.0 Å². The minimum Gasteiger partial charge on any atom is -0.355 e. The van der Waals surface area contributed by atoms with Gasteiger partial charge >= 0.3 is 6.03 Å². The molecule has 0 atom stereocenters. The zero-order chi connectivity index (χ0) is 14.1. The Kier molecular flexibility index (Phi) is 6.67. The van der Waals surface area contributed by atoms with Gasteiger partial charge in [0.05, 0.1) is 0 Å². The number of hydrogen-bond acceptors (Lipinski definition) is 2. The molecule has 0 aliphatic rings. The smallest absolute Gasteiger partial charge is 0.318 e. The van der Waals surface area contributed by atoms with E-state index in [1.807, 2.05) is 24.3 Å². The van der Waals surface area contributed by atoms with Crippen molar-refractivity contribution in [1.29, 1.82) is 0 Å². The molecular formula is C13H16BrN3O2. The van der Waals surface area contributed by atoms with E-state index in [-0.39, 0.29) is 11.9 Å². The van der Waals surface area contributed by atoms with Crippen LogP contribution in [0, 0.1) is 0 Å². The number of hydrogen-bond donors (Lipinski definition) is 3. The van der Waals surface area contributed by atoms with Gasteiger partial charge in [-0.2, -0.15) is 0 Å². The highest BCUT2D eigenvalue weighted by Gasteiger charge is 1.96. The van der Waals surface area contributed by atoms with Crippen molar-refractivity contribution in [3.05, 3.63) is 40.5 Å². The summed E-state index contributed by atoms with van der Waals surface area (Å²) >= 11 is 3.37. The predicted octanol–water partition coefficient (Wildman–Crippen LogP) is 1.86.